The van der Waals surface area contributed by atoms with E-state index in [1.54, 1.807) is 12.1 Å². The van der Waals surface area contributed by atoms with Crippen LogP contribution in [0.1, 0.15) is 18.5 Å². The summed E-state index contributed by atoms with van der Waals surface area (Å²) in [5, 5.41) is 20.3. The topological polar surface area (TPSA) is 60.2 Å². The fourth-order valence-corrected chi connectivity index (χ4v) is 1.97. The van der Waals surface area contributed by atoms with Gasteiger partial charge in [-0.3, -0.25) is 4.98 Å². The van der Waals surface area contributed by atoms with Crippen molar-refractivity contribution in [3.05, 3.63) is 34.6 Å². The lowest BCUT2D eigenvalue weighted by molar-refractivity contribution is -0.0958. The molecule has 1 aromatic rings. The molecule has 0 saturated carbocycles. The summed E-state index contributed by atoms with van der Waals surface area (Å²) >= 11 is 5.76. The predicted molar refractivity (Wildman–Crippen MR) is 64.4 cm³/mol. The van der Waals surface area contributed by atoms with Crippen LogP contribution in [0.15, 0.2) is 23.9 Å². The number of rotatable bonds is 1. The lowest BCUT2D eigenvalue weighted by Crippen LogP contribution is -2.27. The van der Waals surface area contributed by atoms with E-state index >= 15 is 0 Å². The third kappa shape index (κ3) is 2.83. The van der Waals surface area contributed by atoms with Crippen LogP contribution in [-0.2, 0) is 0 Å². The molecule has 0 aromatic carbocycles. The Morgan fingerprint density at radius 1 is 1.41 bits per heavy atom. The maximum atomic E-state index is 9.28. The first-order valence-electron chi connectivity index (χ1n) is 5.38. The highest BCUT2D eigenvalue weighted by molar-refractivity contribution is 6.30. The van der Waals surface area contributed by atoms with Gasteiger partial charge >= 0.3 is 0 Å². The Balaban J connectivity index is 2.30. The van der Waals surface area contributed by atoms with E-state index in [0.29, 0.717) is 42.2 Å². The molecular formula is C12H12ClN3O. The van der Waals surface area contributed by atoms with E-state index in [0.717, 1.165) is 5.57 Å². The van der Waals surface area contributed by atoms with Crippen LogP contribution in [0.5, 0.6) is 0 Å². The van der Waals surface area contributed by atoms with Crippen molar-refractivity contribution in [2.45, 2.75) is 12.8 Å². The summed E-state index contributed by atoms with van der Waals surface area (Å²) in [5.74, 6) is 0. The van der Waals surface area contributed by atoms with Crippen LogP contribution in [0.3, 0.4) is 0 Å². The highest BCUT2D eigenvalue weighted by Gasteiger charge is 2.17. The van der Waals surface area contributed by atoms with Crippen molar-refractivity contribution in [1.82, 2.24) is 10.0 Å². The summed E-state index contributed by atoms with van der Waals surface area (Å²) in [6, 6.07) is 5.67. The van der Waals surface area contributed by atoms with Gasteiger partial charge in [0.1, 0.15) is 6.07 Å². The zero-order valence-electron chi connectivity index (χ0n) is 9.23. The lowest BCUT2D eigenvalue weighted by Gasteiger charge is -2.23. The number of piperidine rings is 1. The van der Waals surface area contributed by atoms with E-state index in [1.165, 1.54) is 11.3 Å². The highest BCUT2D eigenvalue weighted by Crippen LogP contribution is 2.25. The van der Waals surface area contributed by atoms with Gasteiger partial charge in [-0.25, -0.2) is 0 Å². The molecule has 0 radical (unpaired) electrons. The molecule has 5 heteroatoms. The number of hydrogen-bond acceptors (Lipinski definition) is 4. The van der Waals surface area contributed by atoms with Crippen LogP contribution in [0.2, 0.25) is 5.02 Å². The van der Waals surface area contributed by atoms with E-state index in [1.807, 2.05) is 0 Å². The Morgan fingerprint density at radius 3 is 2.65 bits per heavy atom. The van der Waals surface area contributed by atoms with E-state index < -0.39 is 0 Å². The van der Waals surface area contributed by atoms with Crippen LogP contribution in [0, 0.1) is 11.3 Å². The summed E-state index contributed by atoms with van der Waals surface area (Å²) in [7, 11) is 0. The predicted octanol–water partition coefficient (Wildman–Crippen LogP) is 2.50. The van der Waals surface area contributed by atoms with Gasteiger partial charge in [0.15, 0.2) is 0 Å². The SMILES string of the molecule is N#CC(=C1CCN(O)CC1)c1ccc(Cl)cn1. The Labute approximate surface area is 105 Å². The number of nitriles is 1. The van der Waals surface area contributed by atoms with Crippen molar-refractivity contribution in [2.75, 3.05) is 13.1 Å². The van der Waals surface area contributed by atoms with E-state index in [2.05, 4.69) is 11.1 Å². The van der Waals surface area contributed by atoms with Gasteiger partial charge in [-0.05, 0) is 30.5 Å². The number of nitrogens with zero attached hydrogens (tertiary/aromatic N) is 3. The number of allylic oxidation sites excluding steroid dienone is 1. The van der Waals surface area contributed by atoms with Crippen molar-refractivity contribution < 1.29 is 5.21 Å². The molecule has 1 saturated heterocycles. The zero-order chi connectivity index (χ0) is 12.3. The van der Waals surface area contributed by atoms with Crippen LogP contribution < -0.4 is 0 Å². The molecule has 1 N–H and O–H groups in total. The van der Waals surface area contributed by atoms with Crippen LogP contribution in [0.4, 0.5) is 0 Å². The first-order chi connectivity index (χ1) is 8.20. The molecular weight excluding hydrogens is 238 g/mol. The summed E-state index contributed by atoms with van der Waals surface area (Å²) < 4.78 is 0. The molecule has 88 valence electrons. The third-order valence-electron chi connectivity index (χ3n) is 2.79. The Bertz CT molecular complexity index is 466. The van der Waals surface area contributed by atoms with Gasteiger partial charge in [-0.2, -0.15) is 10.3 Å². The molecule has 1 aromatic heterocycles. The van der Waals surface area contributed by atoms with Crippen molar-refractivity contribution in [2.24, 2.45) is 0 Å². The van der Waals surface area contributed by atoms with Gasteiger partial charge in [0, 0.05) is 19.3 Å². The number of hydroxylamine groups is 2. The number of pyridine rings is 1. The second kappa shape index (κ2) is 5.28. The number of halogens is 1. The average Bonchev–Trinajstić information content (AvgIpc) is 2.35. The molecule has 17 heavy (non-hydrogen) atoms. The maximum absolute atomic E-state index is 9.28. The monoisotopic (exact) mass is 249 g/mol. The first kappa shape index (κ1) is 12.1. The zero-order valence-corrected chi connectivity index (χ0v) is 9.98. The fraction of sp³-hybridized carbons (Fsp3) is 0.333. The Kier molecular flexibility index (Phi) is 3.75. The molecule has 2 heterocycles. The van der Waals surface area contributed by atoms with Gasteiger partial charge in [0.25, 0.3) is 0 Å². The smallest absolute Gasteiger partial charge is 0.101 e. The molecule has 0 spiro atoms. The van der Waals surface area contributed by atoms with Crippen molar-refractivity contribution in [3.8, 4) is 6.07 Å². The third-order valence-corrected chi connectivity index (χ3v) is 3.02. The molecule has 0 amide bonds. The molecule has 1 aliphatic rings. The minimum Gasteiger partial charge on any atom is -0.314 e. The fourth-order valence-electron chi connectivity index (χ4n) is 1.86. The van der Waals surface area contributed by atoms with E-state index in [-0.39, 0.29) is 0 Å². The molecule has 0 bridgehead atoms. The standard InChI is InChI=1S/C12H12ClN3O/c13-10-1-2-12(15-8-10)11(7-14)9-3-5-16(17)6-4-9/h1-2,8,17H,3-6H2. The lowest BCUT2D eigenvalue weighted by atomic mass is 9.97. The average molecular weight is 250 g/mol. The van der Waals surface area contributed by atoms with E-state index in [9.17, 15) is 10.5 Å². The number of aromatic nitrogens is 1. The largest absolute Gasteiger partial charge is 0.314 e. The highest BCUT2D eigenvalue weighted by atomic mass is 35.5. The van der Waals surface area contributed by atoms with Crippen molar-refractivity contribution >= 4 is 17.2 Å². The van der Waals surface area contributed by atoms with Gasteiger partial charge in [0.2, 0.25) is 0 Å². The second-order valence-corrected chi connectivity index (χ2v) is 4.34. The van der Waals surface area contributed by atoms with Crippen molar-refractivity contribution in [1.29, 1.82) is 5.26 Å². The molecule has 0 unspecified atom stereocenters. The first-order valence-corrected chi connectivity index (χ1v) is 5.76. The summed E-state index contributed by atoms with van der Waals surface area (Å²) in [6.45, 7) is 1.13. The van der Waals surface area contributed by atoms with Crippen LogP contribution in [0.25, 0.3) is 5.57 Å². The minimum absolute atomic E-state index is 0.557. The quantitative estimate of drug-likeness (QED) is 0.777. The molecule has 0 atom stereocenters. The minimum atomic E-state index is 0.557. The molecule has 2 rings (SSSR count). The summed E-state index contributed by atoms with van der Waals surface area (Å²) in [6.07, 6.45) is 2.93. The summed E-state index contributed by atoms with van der Waals surface area (Å²) in [5.41, 5.74) is 2.31. The Morgan fingerprint density at radius 2 is 2.12 bits per heavy atom. The van der Waals surface area contributed by atoms with Crippen LogP contribution in [-0.4, -0.2) is 28.3 Å². The molecule has 1 aliphatic heterocycles. The van der Waals surface area contributed by atoms with Crippen LogP contribution >= 0.6 is 11.6 Å². The second-order valence-electron chi connectivity index (χ2n) is 3.91. The van der Waals surface area contributed by atoms with Gasteiger partial charge in [0.05, 0.1) is 16.3 Å². The Hall–Kier alpha value is -1.41. The maximum Gasteiger partial charge on any atom is 0.101 e. The van der Waals surface area contributed by atoms with Gasteiger partial charge < -0.3 is 5.21 Å². The normalized spacial score (nSPS) is 16.6. The molecule has 1 fully saturated rings. The molecule has 0 aliphatic carbocycles. The van der Waals surface area contributed by atoms with Gasteiger partial charge in [-0.1, -0.05) is 11.6 Å². The summed E-state index contributed by atoms with van der Waals surface area (Å²) in [4.78, 5) is 4.16. The van der Waals surface area contributed by atoms with E-state index in [4.69, 9.17) is 11.6 Å². The molecule has 4 nitrogen and oxygen atoms in total. The number of hydrogen-bond donors (Lipinski definition) is 1. The van der Waals surface area contributed by atoms with Crippen molar-refractivity contribution in [3.63, 3.8) is 0 Å². The van der Waals surface area contributed by atoms with Gasteiger partial charge in [-0.15, -0.1) is 0 Å².